The van der Waals surface area contributed by atoms with E-state index < -0.39 is 0 Å². The number of carbonyl (C=O) groups is 1. The van der Waals surface area contributed by atoms with E-state index in [1.165, 1.54) is 0 Å². The molecule has 0 atom stereocenters. The zero-order valence-electron chi connectivity index (χ0n) is 13.1. The molecule has 0 bridgehead atoms. The molecule has 0 radical (unpaired) electrons. The van der Waals surface area contributed by atoms with Gasteiger partial charge in [0.25, 0.3) is 5.91 Å². The van der Waals surface area contributed by atoms with E-state index in [2.05, 4.69) is 10.5 Å². The molecule has 1 amide bonds. The van der Waals surface area contributed by atoms with Crippen molar-refractivity contribution in [2.75, 3.05) is 12.3 Å². The summed E-state index contributed by atoms with van der Waals surface area (Å²) in [5.41, 5.74) is 8.59. The van der Waals surface area contributed by atoms with Gasteiger partial charge < -0.3 is 20.3 Å². The summed E-state index contributed by atoms with van der Waals surface area (Å²) < 4.78 is 10.8. The highest BCUT2D eigenvalue weighted by Gasteiger charge is 2.12. The largest absolute Gasteiger partial charge is 0.487 e. The van der Waals surface area contributed by atoms with Gasteiger partial charge in [-0.1, -0.05) is 12.1 Å². The predicted octanol–water partition coefficient (Wildman–Crippen LogP) is 2.59. The van der Waals surface area contributed by atoms with Crippen LogP contribution in [0.15, 0.2) is 22.7 Å². The minimum Gasteiger partial charge on any atom is -0.487 e. The van der Waals surface area contributed by atoms with Crippen molar-refractivity contribution in [3.8, 4) is 5.75 Å². The normalized spacial score (nSPS) is 10.5. The number of hydrogen-bond donors (Lipinski definition) is 2. The maximum absolute atomic E-state index is 12.0. The summed E-state index contributed by atoms with van der Waals surface area (Å²) in [5, 5.41) is 6.70. The lowest BCUT2D eigenvalue weighted by Gasteiger charge is -2.11. The molecule has 0 saturated heterocycles. The van der Waals surface area contributed by atoms with E-state index in [4.69, 9.17) is 15.0 Å². The van der Waals surface area contributed by atoms with Gasteiger partial charge in [0.05, 0.1) is 16.9 Å². The summed E-state index contributed by atoms with van der Waals surface area (Å²) in [6.07, 6.45) is 0.885. The number of nitrogen functional groups attached to an aromatic ring is 1. The van der Waals surface area contributed by atoms with Gasteiger partial charge in [0.1, 0.15) is 18.1 Å². The predicted molar refractivity (Wildman–Crippen MR) is 83.8 cm³/mol. The Kier molecular flexibility index (Phi) is 5.04. The minimum atomic E-state index is -0.135. The molecule has 0 aliphatic heterocycles. The van der Waals surface area contributed by atoms with Crippen LogP contribution in [0.1, 0.15) is 40.7 Å². The average Bonchev–Trinajstić information content (AvgIpc) is 2.83. The van der Waals surface area contributed by atoms with E-state index in [-0.39, 0.29) is 5.91 Å². The fourth-order valence-electron chi connectivity index (χ4n) is 2.00. The lowest BCUT2D eigenvalue weighted by atomic mass is 10.1. The number of nitrogens with zero attached hydrogens (tertiary/aromatic N) is 1. The molecule has 0 unspecified atom stereocenters. The Bertz CT molecular complexity index is 645. The monoisotopic (exact) mass is 303 g/mol. The first-order valence-electron chi connectivity index (χ1n) is 7.25. The van der Waals surface area contributed by atoms with E-state index >= 15 is 0 Å². The first-order valence-corrected chi connectivity index (χ1v) is 7.25. The van der Waals surface area contributed by atoms with Gasteiger partial charge in [-0.2, -0.15) is 0 Å². The SMILES string of the molecule is CCCNC(=O)c1ccc(N)c(OCc2c(C)noc2C)c1. The van der Waals surface area contributed by atoms with Crippen molar-refractivity contribution >= 4 is 11.6 Å². The van der Waals surface area contributed by atoms with E-state index in [1.54, 1.807) is 18.2 Å². The van der Waals surface area contributed by atoms with Crippen LogP contribution in [-0.4, -0.2) is 17.6 Å². The van der Waals surface area contributed by atoms with Crippen molar-refractivity contribution in [1.82, 2.24) is 10.5 Å². The first kappa shape index (κ1) is 15.9. The van der Waals surface area contributed by atoms with E-state index in [0.717, 1.165) is 17.7 Å². The van der Waals surface area contributed by atoms with Crippen LogP contribution in [0.5, 0.6) is 5.75 Å². The zero-order valence-corrected chi connectivity index (χ0v) is 13.1. The quantitative estimate of drug-likeness (QED) is 0.800. The van der Waals surface area contributed by atoms with Gasteiger partial charge in [-0.25, -0.2) is 0 Å². The fourth-order valence-corrected chi connectivity index (χ4v) is 2.00. The van der Waals surface area contributed by atoms with E-state index in [1.807, 2.05) is 20.8 Å². The van der Waals surface area contributed by atoms with Crippen molar-refractivity contribution < 1.29 is 14.1 Å². The lowest BCUT2D eigenvalue weighted by Crippen LogP contribution is -2.24. The molecule has 2 aromatic rings. The number of benzene rings is 1. The Morgan fingerprint density at radius 2 is 2.18 bits per heavy atom. The summed E-state index contributed by atoms with van der Waals surface area (Å²) in [6, 6.07) is 5.01. The van der Waals surface area contributed by atoms with Crippen molar-refractivity contribution in [2.45, 2.75) is 33.8 Å². The maximum atomic E-state index is 12.0. The smallest absolute Gasteiger partial charge is 0.251 e. The van der Waals surface area contributed by atoms with Crippen molar-refractivity contribution in [1.29, 1.82) is 0 Å². The molecule has 6 nitrogen and oxygen atoms in total. The molecule has 118 valence electrons. The highest BCUT2D eigenvalue weighted by Crippen LogP contribution is 2.25. The van der Waals surface area contributed by atoms with Crippen LogP contribution < -0.4 is 15.8 Å². The van der Waals surface area contributed by atoms with Crippen molar-refractivity contribution in [3.63, 3.8) is 0 Å². The zero-order chi connectivity index (χ0) is 16.1. The Labute approximate surface area is 129 Å². The first-order chi connectivity index (χ1) is 10.5. The van der Waals surface area contributed by atoms with Crippen LogP contribution in [0.2, 0.25) is 0 Å². The lowest BCUT2D eigenvalue weighted by molar-refractivity contribution is 0.0953. The fraction of sp³-hybridized carbons (Fsp3) is 0.375. The molecule has 0 saturated carbocycles. The summed E-state index contributed by atoms with van der Waals surface area (Å²) >= 11 is 0. The van der Waals surface area contributed by atoms with Crippen LogP contribution >= 0.6 is 0 Å². The van der Waals surface area contributed by atoms with Gasteiger partial charge in [0.2, 0.25) is 0 Å². The van der Waals surface area contributed by atoms with Crippen molar-refractivity contribution in [2.24, 2.45) is 0 Å². The highest BCUT2D eigenvalue weighted by molar-refractivity contribution is 5.95. The number of rotatable bonds is 6. The molecule has 0 aliphatic rings. The van der Waals surface area contributed by atoms with Crippen LogP contribution in [0, 0.1) is 13.8 Å². The summed E-state index contributed by atoms with van der Waals surface area (Å²) in [7, 11) is 0. The van der Waals surface area contributed by atoms with Crippen LogP contribution in [-0.2, 0) is 6.61 Å². The summed E-state index contributed by atoms with van der Waals surface area (Å²) in [4.78, 5) is 12.0. The number of aromatic nitrogens is 1. The second-order valence-electron chi connectivity index (χ2n) is 5.10. The number of nitrogens with two attached hydrogens (primary N) is 1. The average molecular weight is 303 g/mol. The van der Waals surface area contributed by atoms with Gasteiger partial charge in [-0.05, 0) is 38.5 Å². The topological polar surface area (TPSA) is 90.4 Å². The van der Waals surface area contributed by atoms with Crippen LogP contribution in [0.4, 0.5) is 5.69 Å². The van der Waals surface area contributed by atoms with Gasteiger partial charge in [0.15, 0.2) is 0 Å². The standard InChI is InChI=1S/C16H21N3O3/c1-4-7-18-16(20)12-5-6-14(17)15(8-12)21-9-13-10(2)19-22-11(13)3/h5-6,8H,4,7,9,17H2,1-3H3,(H,18,20). The second kappa shape index (κ2) is 6.98. The molecule has 1 aromatic carbocycles. The molecule has 1 aromatic heterocycles. The van der Waals surface area contributed by atoms with Crippen LogP contribution in [0.3, 0.4) is 0 Å². The number of carbonyl (C=O) groups excluding carboxylic acids is 1. The van der Waals surface area contributed by atoms with Crippen LogP contribution in [0.25, 0.3) is 0 Å². The molecule has 22 heavy (non-hydrogen) atoms. The Morgan fingerprint density at radius 3 is 2.82 bits per heavy atom. The third kappa shape index (κ3) is 3.58. The van der Waals surface area contributed by atoms with E-state index in [0.29, 0.717) is 35.9 Å². The molecule has 0 aliphatic carbocycles. The number of anilines is 1. The highest BCUT2D eigenvalue weighted by atomic mass is 16.5. The number of amides is 1. The molecule has 1 heterocycles. The summed E-state index contributed by atoms with van der Waals surface area (Å²) in [5.74, 6) is 1.06. The molecular weight excluding hydrogens is 282 g/mol. The third-order valence-electron chi connectivity index (χ3n) is 3.36. The number of hydrogen-bond acceptors (Lipinski definition) is 5. The molecule has 0 spiro atoms. The van der Waals surface area contributed by atoms with Gasteiger partial charge >= 0.3 is 0 Å². The molecule has 6 heteroatoms. The molecular formula is C16H21N3O3. The molecule has 3 N–H and O–H groups in total. The number of ether oxygens (including phenoxy) is 1. The van der Waals surface area contributed by atoms with E-state index in [9.17, 15) is 4.79 Å². The Balaban J connectivity index is 2.12. The molecule has 0 fully saturated rings. The number of nitrogens with one attached hydrogen (secondary N) is 1. The minimum absolute atomic E-state index is 0.135. The van der Waals surface area contributed by atoms with Gasteiger partial charge in [0, 0.05) is 12.1 Å². The van der Waals surface area contributed by atoms with Gasteiger partial charge in [-0.3, -0.25) is 4.79 Å². The second-order valence-corrected chi connectivity index (χ2v) is 5.10. The number of aryl methyl sites for hydroxylation is 2. The summed E-state index contributed by atoms with van der Waals surface area (Å²) in [6.45, 7) is 6.62. The van der Waals surface area contributed by atoms with Crippen molar-refractivity contribution in [3.05, 3.63) is 40.8 Å². The maximum Gasteiger partial charge on any atom is 0.251 e. The Hall–Kier alpha value is -2.50. The van der Waals surface area contributed by atoms with Gasteiger partial charge in [-0.15, -0.1) is 0 Å². The Morgan fingerprint density at radius 1 is 1.41 bits per heavy atom. The third-order valence-corrected chi connectivity index (χ3v) is 3.36. The molecule has 2 rings (SSSR count).